The molecule has 9 heteroatoms. The quantitative estimate of drug-likeness (QED) is 0.606. The van der Waals surface area contributed by atoms with Crippen LogP contribution in [-0.2, 0) is 6.54 Å². The molecule has 4 rings (SSSR count). The Balaban J connectivity index is 1.37. The van der Waals surface area contributed by atoms with E-state index >= 15 is 0 Å². The summed E-state index contributed by atoms with van der Waals surface area (Å²) in [7, 11) is 1.63. The summed E-state index contributed by atoms with van der Waals surface area (Å²) in [6, 6.07) is 1.52. The molecule has 9 nitrogen and oxygen atoms in total. The highest BCUT2D eigenvalue weighted by atomic mass is 16.5. The average Bonchev–Trinajstić information content (AvgIpc) is 3.39. The first-order valence-electron chi connectivity index (χ1n) is 11.8. The molecule has 31 heavy (non-hydrogen) atoms. The van der Waals surface area contributed by atoms with E-state index in [0.29, 0.717) is 35.0 Å². The Morgan fingerprint density at radius 3 is 2.39 bits per heavy atom. The SMILES string of the molecule is COc1nc2c(N)nc(OC3CCCC3)nc2n1CCCCN1CCN(C(C)C)CC1. The molecule has 0 atom stereocenters. The molecule has 1 saturated carbocycles. The van der Waals surface area contributed by atoms with Gasteiger partial charge in [-0.05, 0) is 58.9 Å². The number of nitrogens with two attached hydrogens (primary N) is 1. The number of nitrogens with zero attached hydrogens (tertiary/aromatic N) is 6. The van der Waals surface area contributed by atoms with E-state index in [2.05, 4.69) is 38.6 Å². The van der Waals surface area contributed by atoms with Crippen LogP contribution in [0.2, 0.25) is 0 Å². The van der Waals surface area contributed by atoms with Gasteiger partial charge in [0.2, 0.25) is 0 Å². The molecule has 3 heterocycles. The lowest BCUT2D eigenvalue weighted by atomic mass is 10.2. The fourth-order valence-corrected chi connectivity index (χ4v) is 4.66. The van der Waals surface area contributed by atoms with Gasteiger partial charge in [-0.1, -0.05) is 0 Å². The highest BCUT2D eigenvalue weighted by molar-refractivity contribution is 5.83. The summed E-state index contributed by atoms with van der Waals surface area (Å²) in [6.45, 7) is 11.1. The van der Waals surface area contributed by atoms with E-state index < -0.39 is 0 Å². The molecule has 1 aliphatic carbocycles. The average molecular weight is 432 g/mol. The number of rotatable bonds is 9. The maximum absolute atomic E-state index is 6.18. The van der Waals surface area contributed by atoms with Crippen LogP contribution in [0.25, 0.3) is 11.2 Å². The second-order valence-corrected chi connectivity index (χ2v) is 9.02. The van der Waals surface area contributed by atoms with Crippen molar-refractivity contribution in [3.05, 3.63) is 0 Å². The van der Waals surface area contributed by atoms with Gasteiger partial charge in [-0.3, -0.25) is 9.47 Å². The molecule has 172 valence electrons. The van der Waals surface area contributed by atoms with E-state index in [1.165, 1.54) is 12.8 Å². The number of unbranched alkanes of at least 4 members (excludes halogenated alkanes) is 1. The lowest BCUT2D eigenvalue weighted by molar-refractivity contribution is 0.107. The molecule has 0 amide bonds. The maximum Gasteiger partial charge on any atom is 0.320 e. The zero-order chi connectivity index (χ0) is 21.8. The highest BCUT2D eigenvalue weighted by Gasteiger charge is 2.22. The molecule has 2 fully saturated rings. The number of aromatic nitrogens is 4. The van der Waals surface area contributed by atoms with Gasteiger partial charge in [-0.2, -0.15) is 15.0 Å². The van der Waals surface area contributed by atoms with Gasteiger partial charge in [-0.25, -0.2) is 0 Å². The molecular formula is C22H37N7O2. The Morgan fingerprint density at radius 1 is 1.00 bits per heavy atom. The van der Waals surface area contributed by atoms with Crippen LogP contribution in [0.15, 0.2) is 0 Å². The van der Waals surface area contributed by atoms with Crippen LogP contribution in [0.3, 0.4) is 0 Å². The summed E-state index contributed by atoms with van der Waals surface area (Å²) in [6.07, 6.45) is 6.82. The van der Waals surface area contributed by atoms with Crippen LogP contribution in [0.5, 0.6) is 12.0 Å². The van der Waals surface area contributed by atoms with Crippen molar-refractivity contribution >= 4 is 17.0 Å². The first-order chi connectivity index (χ1) is 15.0. The molecular weight excluding hydrogens is 394 g/mol. The van der Waals surface area contributed by atoms with Crippen LogP contribution < -0.4 is 15.2 Å². The van der Waals surface area contributed by atoms with Gasteiger partial charge < -0.3 is 20.1 Å². The number of nitrogen functional groups attached to an aromatic ring is 1. The summed E-state index contributed by atoms with van der Waals surface area (Å²) in [5, 5.41) is 0. The second kappa shape index (κ2) is 9.99. The molecule has 0 unspecified atom stereocenters. The fraction of sp³-hybridized carbons (Fsp3) is 0.773. The van der Waals surface area contributed by atoms with Gasteiger partial charge in [0.25, 0.3) is 6.01 Å². The number of fused-ring (bicyclic) bond motifs is 1. The molecule has 2 aromatic heterocycles. The minimum Gasteiger partial charge on any atom is -0.468 e. The molecule has 2 N–H and O–H groups in total. The van der Waals surface area contributed by atoms with E-state index in [-0.39, 0.29) is 6.10 Å². The van der Waals surface area contributed by atoms with Gasteiger partial charge >= 0.3 is 6.01 Å². The molecule has 2 aliphatic rings. The van der Waals surface area contributed by atoms with E-state index in [1.807, 2.05) is 4.57 Å². The zero-order valence-corrected chi connectivity index (χ0v) is 19.2. The Kier molecular flexibility index (Phi) is 7.12. The smallest absolute Gasteiger partial charge is 0.320 e. The van der Waals surface area contributed by atoms with Crippen molar-refractivity contribution in [3.8, 4) is 12.0 Å². The number of hydrogen-bond donors (Lipinski definition) is 1. The van der Waals surface area contributed by atoms with E-state index in [0.717, 1.165) is 65.0 Å². The number of anilines is 1. The minimum atomic E-state index is 0.186. The maximum atomic E-state index is 6.18. The van der Waals surface area contributed by atoms with Crippen molar-refractivity contribution in [2.75, 3.05) is 45.6 Å². The molecule has 0 aromatic carbocycles. The summed E-state index contributed by atoms with van der Waals surface area (Å²) < 4.78 is 13.5. The van der Waals surface area contributed by atoms with E-state index in [9.17, 15) is 0 Å². The summed E-state index contributed by atoms with van der Waals surface area (Å²) in [5.74, 6) is 0.345. The number of methoxy groups -OCH3 is 1. The first-order valence-corrected chi connectivity index (χ1v) is 11.8. The third-order valence-corrected chi connectivity index (χ3v) is 6.57. The van der Waals surface area contributed by atoms with Crippen LogP contribution in [0, 0.1) is 0 Å². The topological polar surface area (TPSA) is 94.6 Å². The van der Waals surface area contributed by atoms with Gasteiger partial charge in [0.05, 0.1) is 7.11 Å². The summed E-state index contributed by atoms with van der Waals surface area (Å²) >= 11 is 0. The zero-order valence-electron chi connectivity index (χ0n) is 19.2. The predicted octanol–water partition coefficient (Wildman–Crippen LogP) is 2.54. The standard InChI is InChI=1S/C22H37N7O2/c1-16(2)28-14-12-27(13-15-28)10-6-7-11-29-20-18(24-22(29)30-3)19(23)25-21(26-20)31-17-8-4-5-9-17/h16-17H,4-15H2,1-3H3,(H2,23,25,26). The highest BCUT2D eigenvalue weighted by Crippen LogP contribution is 2.28. The van der Waals surface area contributed by atoms with Crippen LogP contribution >= 0.6 is 0 Å². The predicted molar refractivity (Wildman–Crippen MR) is 122 cm³/mol. The molecule has 1 aliphatic heterocycles. The third kappa shape index (κ3) is 5.20. The molecule has 0 radical (unpaired) electrons. The number of piperazine rings is 1. The Morgan fingerprint density at radius 2 is 1.71 bits per heavy atom. The first kappa shape index (κ1) is 22.1. The molecule has 0 bridgehead atoms. The lowest BCUT2D eigenvalue weighted by Gasteiger charge is -2.36. The Hall–Kier alpha value is -2.13. The van der Waals surface area contributed by atoms with Gasteiger partial charge in [0.15, 0.2) is 17.0 Å². The monoisotopic (exact) mass is 431 g/mol. The molecule has 1 saturated heterocycles. The largest absolute Gasteiger partial charge is 0.468 e. The van der Waals surface area contributed by atoms with Crippen LogP contribution in [-0.4, -0.2) is 81.3 Å². The van der Waals surface area contributed by atoms with Crippen LogP contribution in [0.1, 0.15) is 52.4 Å². The van der Waals surface area contributed by atoms with Crippen molar-refractivity contribution in [1.29, 1.82) is 0 Å². The number of hydrogen-bond acceptors (Lipinski definition) is 8. The number of imidazole rings is 1. The third-order valence-electron chi connectivity index (χ3n) is 6.57. The van der Waals surface area contributed by atoms with Gasteiger partial charge in [-0.15, -0.1) is 0 Å². The normalized spacial score (nSPS) is 19.0. The van der Waals surface area contributed by atoms with Crippen molar-refractivity contribution in [2.24, 2.45) is 0 Å². The van der Waals surface area contributed by atoms with Gasteiger partial charge in [0, 0.05) is 38.8 Å². The van der Waals surface area contributed by atoms with E-state index in [4.69, 9.17) is 15.2 Å². The fourth-order valence-electron chi connectivity index (χ4n) is 4.66. The Bertz CT molecular complexity index is 855. The van der Waals surface area contributed by atoms with Crippen LogP contribution in [0.4, 0.5) is 5.82 Å². The van der Waals surface area contributed by atoms with Gasteiger partial charge in [0.1, 0.15) is 6.10 Å². The van der Waals surface area contributed by atoms with Crippen molar-refractivity contribution in [3.63, 3.8) is 0 Å². The van der Waals surface area contributed by atoms with Crippen molar-refractivity contribution in [2.45, 2.75) is 71.1 Å². The van der Waals surface area contributed by atoms with E-state index in [1.54, 1.807) is 7.11 Å². The Labute approximate surface area is 184 Å². The second-order valence-electron chi connectivity index (χ2n) is 9.02. The molecule has 2 aromatic rings. The van der Waals surface area contributed by atoms with Crippen molar-refractivity contribution in [1.82, 2.24) is 29.3 Å². The van der Waals surface area contributed by atoms with Crippen molar-refractivity contribution < 1.29 is 9.47 Å². The number of ether oxygens (including phenoxy) is 2. The summed E-state index contributed by atoms with van der Waals surface area (Å²) in [5.41, 5.74) is 7.46. The summed E-state index contributed by atoms with van der Waals surface area (Å²) in [4.78, 5) is 18.6. The molecule has 0 spiro atoms. The lowest BCUT2D eigenvalue weighted by Crippen LogP contribution is -2.48. The minimum absolute atomic E-state index is 0.186. The number of aryl methyl sites for hydroxylation is 1.